The molecule has 2 saturated carbocycles. The molecule has 1 nitrogen and oxygen atoms in total. The highest BCUT2D eigenvalue weighted by atomic mass is 14.9. The van der Waals surface area contributed by atoms with Gasteiger partial charge in [0.15, 0.2) is 0 Å². The summed E-state index contributed by atoms with van der Waals surface area (Å²) in [6, 6.07) is 0.914. The standard InChI is InChI=1S/C10H19N.C6H8/c1-2-4-9(5-3-1)8-11-10-6-7-10;1-2-4-6-5-3-1/h9-11H,1-8H2;1-4H,5-6H2. The molecule has 0 amide bonds. The highest BCUT2D eigenvalue weighted by Gasteiger charge is 2.22. The van der Waals surface area contributed by atoms with E-state index in [1.807, 2.05) is 0 Å². The molecule has 3 aliphatic carbocycles. The largest absolute Gasteiger partial charge is 0.314 e. The van der Waals surface area contributed by atoms with Crippen molar-refractivity contribution in [2.45, 2.75) is 63.8 Å². The van der Waals surface area contributed by atoms with E-state index < -0.39 is 0 Å². The van der Waals surface area contributed by atoms with Crippen LogP contribution in [0.25, 0.3) is 0 Å². The van der Waals surface area contributed by atoms with Crippen LogP contribution in [0.4, 0.5) is 0 Å². The first-order valence-electron chi connectivity index (χ1n) is 7.50. The molecule has 0 aliphatic heterocycles. The quantitative estimate of drug-likeness (QED) is 0.770. The fourth-order valence-corrected chi connectivity index (χ4v) is 2.55. The first-order chi connectivity index (χ1) is 8.45. The lowest BCUT2D eigenvalue weighted by atomic mass is 9.89. The summed E-state index contributed by atoms with van der Waals surface area (Å²) in [6.07, 6.45) is 21.3. The third-order valence-corrected chi connectivity index (χ3v) is 3.88. The van der Waals surface area contributed by atoms with Gasteiger partial charge in [-0.2, -0.15) is 0 Å². The van der Waals surface area contributed by atoms with Crippen LogP contribution in [0, 0.1) is 5.92 Å². The molecule has 96 valence electrons. The van der Waals surface area contributed by atoms with E-state index in [4.69, 9.17) is 0 Å². The number of hydrogen-bond acceptors (Lipinski definition) is 1. The van der Waals surface area contributed by atoms with Crippen LogP contribution in [0.5, 0.6) is 0 Å². The number of hydrogen-bond donors (Lipinski definition) is 1. The second kappa shape index (κ2) is 7.71. The summed E-state index contributed by atoms with van der Waals surface area (Å²) in [4.78, 5) is 0. The Bertz CT molecular complexity index is 232. The van der Waals surface area contributed by atoms with Gasteiger partial charge in [0.05, 0.1) is 0 Å². The van der Waals surface area contributed by atoms with Crippen molar-refractivity contribution in [1.29, 1.82) is 0 Å². The van der Waals surface area contributed by atoms with Gasteiger partial charge in [0.2, 0.25) is 0 Å². The Morgan fingerprint density at radius 2 is 1.47 bits per heavy atom. The molecule has 1 heteroatoms. The van der Waals surface area contributed by atoms with Crippen molar-refractivity contribution in [3.8, 4) is 0 Å². The zero-order chi connectivity index (χ0) is 11.8. The fourth-order valence-electron chi connectivity index (χ4n) is 2.55. The van der Waals surface area contributed by atoms with Gasteiger partial charge in [-0.1, -0.05) is 43.6 Å². The predicted molar refractivity (Wildman–Crippen MR) is 75.1 cm³/mol. The van der Waals surface area contributed by atoms with Gasteiger partial charge in [-0.25, -0.2) is 0 Å². The van der Waals surface area contributed by atoms with E-state index in [-0.39, 0.29) is 0 Å². The Morgan fingerprint density at radius 1 is 0.824 bits per heavy atom. The molecule has 0 aromatic carbocycles. The fraction of sp³-hybridized carbons (Fsp3) is 0.750. The maximum atomic E-state index is 3.63. The summed E-state index contributed by atoms with van der Waals surface area (Å²) < 4.78 is 0. The van der Waals surface area contributed by atoms with E-state index in [2.05, 4.69) is 29.6 Å². The second-order valence-corrected chi connectivity index (χ2v) is 5.62. The third kappa shape index (κ3) is 6.07. The predicted octanol–water partition coefficient (Wildman–Crippen LogP) is 4.21. The van der Waals surface area contributed by atoms with Crippen LogP contribution in [0.3, 0.4) is 0 Å². The van der Waals surface area contributed by atoms with Crippen LogP contribution in [0.15, 0.2) is 24.3 Å². The highest BCUT2D eigenvalue weighted by molar-refractivity contribution is 5.07. The molecule has 2 fully saturated rings. The first kappa shape index (κ1) is 12.9. The van der Waals surface area contributed by atoms with E-state index in [9.17, 15) is 0 Å². The number of nitrogens with one attached hydrogen (secondary N) is 1. The van der Waals surface area contributed by atoms with Crippen molar-refractivity contribution >= 4 is 0 Å². The zero-order valence-corrected chi connectivity index (χ0v) is 11.0. The molecule has 17 heavy (non-hydrogen) atoms. The Morgan fingerprint density at radius 3 is 1.94 bits per heavy atom. The third-order valence-electron chi connectivity index (χ3n) is 3.88. The lowest BCUT2D eigenvalue weighted by molar-refractivity contribution is 0.341. The first-order valence-corrected chi connectivity index (χ1v) is 7.50. The van der Waals surface area contributed by atoms with Crippen LogP contribution in [-0.2, 0) is 0 Å². The molecule has 0 heterocycles. The van der Waals surface area contributed by atoms with Crippen LogP contribution < -0.4 is 5.32 Å². The van der Waals surface area contributed by atoms with Gasteiger partial charge in [-0.15, -0.1) is 0 Å². The topological polar surface area (TPSA) is 12.0 Å². The summed E-state index contributed by atoms with van der Waals surface area (Å²) >= 11 is 0. The molecule has 0 radical (unpaired) electrons. The molecule has 0 aromatic heterocycles. The van der Waals surface area contributed by atoms with Gasteiger partial charge in [-0.05, 0) is 51.0 Å². The van der Waals surface area contributed by atoms with Crippen molar-refractivity contribution in [2.24, 2.45) is 5.92 Å². The summed E-state index contributed by atoms with van der Waals surface area (Å²) in [5.74, 6) is 1.02. The summed E-state index contributed by atoms with van der Waals surface area (Å²) in [6.45, 7) is 1.31. The maximum Gasteiger partial charge on any atom is 0.00683 e. The summed E-state index contributed by atoms with van der Waals surface area (Å²) in [5, 5.41) is 3.63. The maximum absolute atomic E-state index is 3.63. The van der Waals surface area contributed by atoms with E-state index in [0.29, 0.717) is 0 Å². The summed E-state index contributed by atoms with van der Waals surface area (Å²) in [7, 11) is 0. The minimum atomic E-state index is 0.914. The van der Waals surface area contributed by atoms with Gasteiger partial charge >= 0.3 is 0 Å². The van der Waals surface area contributed by atoms with Crippen LogP contribution >= 0.6 is 0 Å². The van der Waals surface area contributed by atoms with Gasteiger partial charge in [0.25, 0.3) is 0 Å². The van der Waals surface area contributed by atoms with E-state index in [1.165, 1.54) is 64.3 Å². The molecule has 0 bridgehead atoms. The SMILES string of the molecule is C1=CCCC=C1.C1CCC(CNC2CC2)CC1. The van der Waals surface area contributed by atoms with Crippen LogP contribution in [-0.4, -0.2) is 12.6 Å². The van der Waals surface area contributed by atoms with Gasteiger partial charge in [-0.3, -0.25) is 0 Å². The molecule has 3 aliphatic rings. The monoisotopic (exact) mass is 233 g/mol. The second-order valence-electron chi connectivity index (χ2n) is 5.62. The van der Waals surface area contributed by atoms with Crippen molar-refractivity contribution < 1.29 is 0 Å². The molecule has 0 unspecified atom stereocenters. The molecular weight excluding hydrogens is 206 g/mol. The number of allylic oxidation sites excluding steroid dienone is 4. The highest BCUT2D eigenvalue weighted by Crippen LogP contribution is 2.25. The minimum Gasteiger partial charge on any atom is -0.314 e. The van der Waals surface area contributed by atoms with Gasteiger partial charge < -0.3 is 5.32 Å². The summed E-state index contributed by atoms with van der Waals surface area (Å²) in [5.41, 5.74) is 0. The van der Waals surface area contributed by atoms with Crippen LogP contribution in [0.1, 0.15) is 57.8 Å². The van der Waals surface area contributed by atoms with Gasteiger partial charge in [0.1, 0.15) is 0 Å². The minimum absolute atomic E-state index is 0.914. The van der Waals surface area contributed by atoms with E-state index in [0.717, 1.165) is 12.0 Å². The molecule has 0 spiro atoms. The van der Waals surface area contributed by atoms with Crippen molar-refractivity contribution in [3.05, 3.63) is 24.3 Å². The molecule has 0 atom stereocenters. The average Bonchev–Trinajstić information content (AvgIpc) is 3.25. The molecule has 0 saturated heterocycles. The lowest BCUT2D eigenvalue weighted by Crippen LogP contribution is -2.25. The van der Waals surface area contributed by atoms with E-state index >= 15 is 0 Å². The van der Waals surface area contributed by atoms with Crippen molar-refractivity contribution in [1.82, 2.24) is 5.32 Å². The smallest absolute Gasteiger partial charge is 0.00683 e. The Kier molecular flexibility index (Phi) is 5.84. The lowest BCUT2D eigenvalue weighted by Gasteiger charge is -2.21. The zero-order valence-electron chi connectivity index (χ0n) is 11.0. The van der Waals surface area contributed by atoms with Gasteiger partial charge in [0, 0.05) is 6.04 Å². The van der Waals surface area contributed by atoms with Crippen molar-refractivity contribution in [3.63, 3.8) is 0 Å². The Balaban J connectivity index is 0.000000153. The average molecular weight is 233 g/mol. The molecule has 3 rings (SSSR count). The Labute approximate surface area is 106 Å². The molecular formula is C16H27N. The van der Waals surface area contributed by atoms with Crippen LogP contribution in [0.2, 0.25) is 0 Å². The normalized spacial score (nSPS) is 24.2. The molecule has 0 aromatic rings. The molecule has 1 N–H and O–H groups in total. The number of rotatable bonds is 3. The Hall–Kier alpha value is -0.560. The van der Waals surface area contributed by atoms with Crippen molar-refractivity contribution in [2.75, 3.05) is 6.54 Å². The van der Waals surface area contributed by atoms with E-state index in [1.54, 1.807) is 0 Å².